The average Bonchev–Trinajstić information content (AvgIpc) is 2.73. The average molecular weight is 408 g/mol. The van der Waals surface area contributed by atoms with E-state index in [1.54, 1.807) is 19.9 Å². The lowest BCUT2D eigenvalue weighted by molar-refractivity contribution is 0.0783. The minimum Gasteiger partial charge on any atom is -0.487 e. The van der Waals surface area contributed by atoms with Crippen LogP contribution in [-0.4, -0.2) is 34.3 Å². The Hall–Kier alpha value is -2.60. The first-order valence-corrected chi connectivity index (χ1v) is 10.4. The van der Waals surface area contributed by atoms with Gasteiger partial charge in [-0.3, -0.25) is 4.90 Å². The van der Waals surface area contributed by atoms with E-state index < -0.39 is 11.7 Å². The molecule has 0 spiro atoms. The van der Waals surface area contributed by atoms with Crippen LogP contribution >= 0.6 is 0 Å². The van der Waals surface area contributed by atoms with E-state index in [0.717, 1.165) is 36.4 Å². The molecular formula is C25H29NO4. The summed E-state index contributed by atoms with van der Waals surface area (Å²) in [4.78, 5) is 2.32. The van der Waals surface area contributed by atoms with Crippen LogP contribution in [0.3, 0.4) is 0 Å². The van der Waals surface area contributed by atoms with Crippen LogP contribution in [0.5, 0.6) is 0 Å². The number of aliphatic hydroxyl groups is 2. The first-order valence-electron chi connectivity index (χ1n) is 10.4. The zero-order valence-electron chi connectivity index (χ0n) is 17.5. The van der Waals surface area contributed by atoms with E-state index in [1.807, 2.05) is 24.3 Å². The van der Waals surface area contributed by atoms with Crippen molar-refractivity contribution < 1.29 is 19.7 Å². The standard InChI is InChI=1S/C25H29NO4/c1-25(2,28)21-9-7-18(8-10-21)16-30-24-17-29-22(13-23(24)27)15-26-12-11-19-5-3-4-6-20(19)14-26/h3-10,13,17,23,27-28H,11-12,14-16H2,1-2H3. The Morgan fingerprint density at radius 1 is 1.10 bits per heavy atom. The molecule has 2 N–H and O–H groups in total. The number of nitrogens with zero attached hydrogens (tertiary/aromatic N) is 1. The van der Waals surface area contributed by atoms with Crippen LogP contribution in [0.2, 0.25) is 0 Å². The van der Waals surface area contributed by atoms with Crippen LogP contribution in [0.1, 0.15) is 36.1 Å². The second kappa shape index (κ2) is 8.64. The number of fused-ring (bicyclic) bond motifs is 1. The molecule has 5 heteroatoms. The topological polar surface area (TPSA) is 62.2 Å². The Kier molecular flexibility index (Phi) is 5.95. The number of aliphatic hydroxyl groups excluding tert-OH is 1. The van der Waals surface area contributed by atoms with Gasteiger partial charge in [0, 0.05) is 13.1 Å². The van der Waals surface area contributed by atoms with Crippen molar-refractivity contribution in [3.63, 3.8) is 0 Å². The van der Waals surface area contributed by atoms with Crippen LogP contribution < -0.4 is 0 Å². The molecule has 0 aliphatic carbocycles. The molecule has 0 amide bonds. The van der Waals surface area contributed by atoms with Gasteiger partial charge in [0.25, 0.3) is 0 Å². The summed E-state index contributed by atoms with van der Waals surface area (Å²) in [5, 5.41) is 20.5. The van der Waals surface area contributed by atoms with Gasteiger partial charge in [0.2, 0.25) is 0 Å². The highest BCUT2D eigenvalue weighted by atomic mass is 16.5. The fourth-order valence-electron chi connectivity index (χ4n) is 3.80. The van der Waals surface area contributed by atoms with Gasteiger partial charge in [-0.05, 0) is 48.6 Å². The van der Waals surface area contributed by atoms with Gasteiger partial charge in [-0.2, -0.15) is 0 Å². The number of rotatable bonds is 6. The summed E-state index contributed by atoms with van der Waals surface area (Å²) in [5.74, 6) is 1.14. The van der Waals surface area contributed by atoms with Crippen LogP contribution in [0.25, 0.3) is 0 Å². The number of benzene rings is 2. The van der Waals surface area contributed by atoms with Crippen LogP contribution in [-0.2, 0) is 34.6 Å². The summed E-state index contributed by atoms with van der Waals surface area (Å²) in [6.45, 7) is 6.36. The van der Waals surface area contributed by atoms with Gasteiger partial charge in [-0.25, -0.2) is 0 Å². The van der Waals surface area contributed by atoms with Crippen LogP contribution in [0.4, 0.5) is 0 Å². The van der Waals surface area contributed by atoms with E-state index in [2.05, 4.69) is 29.2 Å². The molecule has 158 valence electrons. The molecule has 0 aromatic heterocycles. The van der Waals surface area contributed by atoms with Gasteiger partial charge < -0.3 is 19.7 Å². The maximum Gasteiger partial charge on any atom is 0.164 e. The quantitative estimate of drug-likeness (QED) is 0.766. The number of ether oxygens (including phenoxy) is 2. The Morgan fingerprint density at radius 2 is 1.83 bits per heavy atom. The predicted molar refractivity (Wildman–Crippen MR) is 115 cm³/mol. The van der Waals surface area contributed by atoms with E-state index in [1.165, 1.54) is 17.4 Å². The lowest BCUT2D eigenvalue weighted by atomic mass is 9.97. The molecule has 0 fully saturated rings. The van der Waals surface area contributed by atoms with Crippen LogP contribution in [0.15, 0.2) is 72.4 Å². The Morgan fingerprint density at radius 3 is 2.53 bits per heavy atom. The second-order valence-corrected chi connectivity index (χ2v) is 8.49. The third kappa shape index (κ3) is 4.93. The molecule has 1 unspecified atom stereocenters. The smallest absolute Gasteiger partial charge is 0.164 e. The molecule has 0 saturated carbocycles. The predicted octanol–water partition coefficient (Wildman–Crippen LogP) is 3.61. The molecule has 2 heterocycles. The molecule has 2 aliphatic rings. The molecule has 0 bridgehead atoms. The molecule has 2 aromatic rings. The van der Waals surface area contributed by atoms with Crippen molar-refractivity contribution in [1.82, 2.24) is 4.90 Å². The Balaban J connectivity index is 1.29. The van der Waals surface area contributed by atoms with Crippen molar-refractivity contribution in [2.75, 3.05) is 13.1 Å². The maximum atomic E-state index is 10.5. The van der Waals surface area contributed by atoms with Crippen molar-refractivity contribution in [1.29, 1.82) is 0 Å². The minimum atomic E-state index is -0.868. The molecule has 0 saturated heterocycles. The molecule has 5 nitrogen and oxygen atoms in total. The third-order valence-electron chi connectivity index (χ3n) is 5.62. The van der Waals surface area contributed by atoms with Crippen molar-refractivity contribution in [2.24, 2.45) is 0 Å². The van der Waals surface area contributed by atoms with E-state index >= 15 is 0 Å². The fraction of sp³-hybridized carbons (Fsp3) is 0.360. The lowest BCUT2D eigenvalue weighted by Crippen LogP contribution is -2.33. The first kappa shape index (κ1) is 20.7. The van der Waals surface area contributed by atoms with Crippen molar-refractivity contribution in [2.45, 2.75) is 45.1 Å². The summed E-state index contributed by atoms with van der Waals surface area (Å²) < 4.78 is 11.5. The summed E-state index contributed by atoms with van der Waals surface area (Å²) >= 11 is 0. The van der Waals surface area contributed by atoms with Gasteiger partial charge >= 0.3 is 0 Å². The zero-order valence-corrected chi connectivity index (χ0v) is 17.5. The Bertz CT molecular complexity index is 940. The van der Waals surface area contributed by atoms with Gasteiger partial charge in [-0.1, -0.05) is 48.5 Å². The van der Waals surface area contributed by atoms with Crippen molar-refractivity contribution in [3.05, 3.63) is 94.6 Å². The van der Waals surface area contributed by atoms with Crippen molar-refractivity contribution >= 4 is 0 Å². The maximum absolute atomic E-state index is 10.5. The summed E-state index contributed by atoms with van der Waals surface area (Å²) in [6.07, 6.45) is 3.43. The molecule has 1 atom stereocenters. The first-order chi connectivity index (χ1) is 14.4. The van der Waals surface area contributed by atoms with Crippen molar-refractivity contribution in [3.8, 4) is 0 Å². The van der Waals surface area contributed by atoms with Gasteiger partial charge in [0.15, 0.2) is 5.76 Å². The lowest BCUT2D eigenvalue weighted by Gasteiger charge is -2.30. The minimum absolute atomic E-state index is 0.324. The van der Waals surface area contributed by atoms with E-state index in [9.17, 15) is 10.2 Å². The monoisotopic (exact) mass is 407 g/mol. The molecule has 30 heavy (non-hydrogen) atoms. The number of hydrogen-bond donors (Lipinski definition) is 2. The molecule has 0 radical (unpaired) electrons. The van der Waals surface area contributed by atoms with E-state index in [0.29, 0.717) is 18.9 Å². The molecular weight excluding hydrogens is 378 g/mol. The highest BCUT2D eigenvalue weighted by Gasteiger charge is 2.22. The van der Waals surface area contributed by atoms with Gasteiger partial charge in [0.05, 0.1) is 12.1 Å². The van der Waals surface area contributed by atoms with Gasteiger partial charge in [0.1, 0.15) is 24.7 Å². The third-order valence-corrected chi connectivity index (χ3v) is 5.62. The molecule has 2 aromatic carbocycles. The summed E-state index contributed by atoms with van der Waals surface area (Å²) in [5.41, 5.74) is 3.71. The highest BCUT2D eigenvalue weighted by molar-refractivity contribution is 5.30. The number of hydrogen-bond acceptors (Lipinski definition) is 5. The van der Waals surface area contributed by atoms with Gasteiger partial charge in [-0.15, -0.1) is 0 Å². The fourth-order valence-corrected chi connectivity index (χ4v) is 3.80. The summed E-state index contributed by atoms with van der Waals surface area (Å²) in [7, 11) is 0. The van der Waals surface area contributed by atoms with E-state index in [4.69, 9.17) is 9.47 Å². The Labute approximate surface area is 177 Å². The van der Waals surface area contributed by atoms with E-state index in [-0.39, 0.29) is 0 Å². The second-order valence-electron chi connectivity index (χ2n) is 8.49. The molecule has 2 aliphatic heterocycles. The normalized spacial score (nSPS) is 19.4. The zero-order chi connectivity index (χ0) is 21.1. The van der Waals surface area contributed by atoms with Crippen LogP contribution in [0, 0.1) is 0 Å². The largest absolute Gasteiger partial charge is 0.487 e. The molecule has 4 rings (SSSR count). The highest BCUT2D eigenvalue weighted by Crippen LogP contribution is 2.24. The summed E-state index contributed by atoms with van der Waals surface area (Å²) in [6, 6.07) is 16.1. The SMILES string of the molecule is CC(C)(O)c1ccc(COC2=COC(CN3CCc4ccccc4C3)=CC2O)cc1.